The Morgan fingerprint density at radius 3 is 1.52 bits per heavy atom. The van der Waals surface area contributed by atoms with Gasteiger partial charge in [0, 0.05) is 0 Å². The van der Waals surface area contributed by atoms with E-state index in [0.29, 0.717) is 6.42 Å². The predicted octanol–water partition coefficient (Wildman–Crippen LogP) is 5.35. The molecule has 2 N–H and O–H groups in total. The molecule has 0 aromatic carbocycles. The van der Waals surface area contributed by atoms with Gasteiger partial charge in [-0.3, -0.25) is 4.79 Å². The molecule has 1 atom stereocenters. The summed E-state index contributed by atoms with van der Waals surface area (Å²) in [6.07, 6.45) is 18.8. The van der Waals surface area contributed by atoms with Crippen molar-refractivity contribution in [3.63, 3.8) is 0 Å². The number of aliphatic hydroxyl groups is 2. The molecule has 0 aliphatic rings. The minimum atomic E-state index is -0.875. The Hall–Kier alpha value is -0.610. The number of hydrogen-bond donors (Lipinski definition) is 2. The Morgan fingerprint density at radius 1 is 0.760 bits per heavy atom. The minimum Gasteiger partial charge on any atom is -0.438 e. The lowest BCUT2D eigenvalue weighted by Gasteiger charge is -2.24. The molecule has 0 rings (SSSR count). The standard InChI is InChI=1S/C21H42O4/c1-3-4-5-6-7-8-9-10-11-12-13-14-15-16-17-21(2,18-22)20(24)25-19-23/h22-23H,3-19H2,1-2H3. The van der Waals surface area contributed by atoms with Crippen LogP contribution >= 0.6 is 0 Å². The summed E-state index contributed by atoms with van der Waals surface area (Å²) in [7, 11) is 0. The lowest BCUT2D eigenvalue weighted by atomic mass is 9.85. The zero-order valence-electron chi connectivity index (χ0n) is 16.7. The molecule has 0 aromatic heterocycles. The highest BCUT2D eigenvalue weighted by atomic mass is 16.6. The van der Waals surface area contributed by atoms with Crippen LogP contribution in [0.1, 0.15) is 110 Å². The van der Waals surface area contributed by atoms with Crippen molar-refractivity contribution < 1.29 is 19.7 Å². The highest BCUT2D eigenvalue weighted by molar-refractivity contribution is 5.76. The van der Waals surface area contributed by atoms with E-state index in [1.807, 2.05) is 0 Å². The molecule has 0 heterocycles. The van der Waals surface area contributed by atoms with E-state index in [1.165, 1.54) is 77.0 Å². The second kappa shape index (κ2) is 16.8. The van der Waals surface area contributed by atoms with Gasteiger partial charge in [-0.1, -0.05) is 96.8 Å². The molecule has 0 aromatic rings. The van der Waals surface area contributed by atoms with E-state index in [9.17, 15) is 9.90 Å². The van der Waals surface area contributed by atoms with Gasteiger partial charge in [0.2, 0.25) is 0 Å². The summed E-state index contributed by atoms with van der Waals surface area (Å²) in [5.74, 6) is -0.507. The highest BCUT2D eigenvalue weighted by Gasteiger charge is 2.33. The lowest BCUT2D eigenvalue weighted by molar-refractivity contribution is -0.166. The van der Waals surface area contributed by atoms with Crippen molar-refractivity contribution in [1.29, 1.82) is 0 Å². The zero-order valence-corrected chi connectivity index (χ0v) is 16.7. The number of carbonyl (C=O) groups is 1. The molecule has 25 heavy (non-hydrogen) atoms. The summed E-state index contributed by atoms with van der Waals surface area (Å²) < 4.78 is 4.62. The molecule has 0 saturated heterocycles. The van der Waals surface area contributed by atoms with E-state index in [1.54, 1.807) is 6.92 Å². The van der Waals surface area contributed by atoms with Gasteiger partial charge in [0.25, 0.3) is 0 Å². The minimum absolute atomic E-state index is 0.232. The molecule has 0 bridgehead atoms. The fourth-order valence-electron chi connectivity index (χ4n) is 3.19. The van der Waals surface area contributed by atoms with Crippen molar-refractivity contribution in [2.75, 3.05) is 13.4 Å². The van der Waals surface area contributed by atoms with Crippen molar-refractivity contribution >= 4 is 5.97 Å². The van der Waals surface area contributed by atoms with Crippen molar-refractivity contribution in [2.24, 2.45) is 5.41 Å². The number of rotatable bonds is 18. The summed E-state index contributed by atoms with van der Waals surface area (Å²) in [5.41, 5.74) is -0.875. The van der Waals surface area contributed by atoms with Crippen LogP contribution in [0.5, 0.6) is 0 Å². The van der Waals surface area contributed by atoms with Crippen LogP contribution in [0.3, 0.4) is 0 Å². The van der Waals surface area contributed by atoms with Gasteiger partial charge in [0.1, 0.15) is 0 Å². The van der Waals surface area contributed by atoms with Crippen LogP contribution in [-0.2, 0) is 9.53 Å². The van der Waals surface area contributed by atoms with Crippen LogP contribution in [0.4, 0.5) is 0 Å². The molecule has 0 aliphatic carbocycles. The summed E-state index contributed by atoms with van der Waals surface area (Å²) in [6.45, 7) is 3.11. The smallest absolute Gasteiger partial charge is 0.316 e. The van der Waals surface area contributed by atoms with Crippen LogP contribution in [0.2, 0.25) is 0 Å². The number of hydrogen-bond acceptors (Lipinski definition) is 4. The Kier molecular flexibility index (Phi) is 16.4. The third-order valence-corrected chi connectivity index (χ3v) is 5.12. The normalized spacial score (nSPS) is 13.6. The molecule has 0 spiro atoms. The molecule has 0 radical (unpaired) electrons. The largest absolute Gasteiger partial charge is 0.438 e. The first-order valence-corrected chi connectivity index (χ1v) is 10.5. The van der Waals surface area contributed by atoms with Gasteiger partial charge >= 0.3 is 5.97 Å². The molecule has 0 aliphatic heterocycles. The number of esters is 1. The highest BCUT2D eigenvalue weighted by Crippen LogP contribution is 2.26. The van der Waals surface area contributed by atoms with Crippen LogP contribution in [-0.4, -0.2) is 29.6 Å². The molecule has 150 valence electrons. The van der Waals surface area contributed by atoms with Gasteiger partial charge in [-0.15, -0.1) is 0 Å². The first kappa shape index (κ1) is 24.4. The van der Waals surface area contributed by atoms with E-state index < -0.39 is 18.2 Å². The summed E-state index contributed by atoms with van der Waals surface area (Å²) >= 11 is 0. The van der Waals surface area contributed by atoms with E-state index in [0.717, 1.165) is 12.8 Å². The maximum atomic E-state index is 11.7. The third-order valence-electron chi connectivity index (χ3n) is 5.12. The van der Waals surface area contributed by atoms with Crippen molar-refractivity contribution in [3.8, 4) is 0 Å². The number of carbonyl (C=O) groups excluding carboxylic acids is 1. The zero-order chi connectivity index (χ0) is 18.8. The van der Waals surface area contributed by atoms with E-state index in [-0.39, 0.29) is 6.61 Å². The van der Waals surface area contributed by atoms with Crippen LogP contribution in [0.15, 0.2) is 0 Å². The maximum absolute atomic E-state index is 11.7. The monoisotopic (exact) mass is 358 g/mol. The first-order chi connectivity index (χ1) is 12.1. The van der Waals surface area contributed by atoms with Gasteiger partial charge in [-0.05, 0) is 13.3 Å². The molecule has 4 nitrogen and oxygen atoms in total. The van der Waals surface area contributed by atoms with E-state index in [2.05, 4.69) is 11.7 Å². The molecule has 4 heteroatoms. The van der Waals surface area contributed by atoms with Gasteiger partial charge < -0.3 is 14.9 Å². The van der Waals surface area contributed by atoms with Crippen molar-refractivity contribution in [3.05, 3.63) is 0 Å². The molecule has 1 unspecified atom stereocenters. The Labute approximate surface area is 155 Å². The summed E-state index contributed by atoms with van der Waals surface area (Å²) in [4.78, 5) is 11.7. The first-order valence-electron chi connectivity index (χ1n) is 10.5. The Bertz CT molecular complexity index is 306. The van der Waals surface area contributed by atoms with Gasteiger partial charge in [0.15, 0.2) is 6.79 Å². The maximum Gasteiger partial charge on any atom is 0.316 e. The van der Waals surface area contributed by atoms with Gasteiger partial charge in [0.05, 0.1) is 12.0 Å². The fraction of sp³-hybridized carbons (Fsp3) is 0.952. The van der Waals surface area contributed by atoms with E-state index in [4.69, 9.17) is 5.11 Å². The topological polar surface area (TPSA) is 66.8 Å². The molecular weight excluding hydrogens is 316 g/mol. The summed E-state index contributed by atoms with van der Waals surface area (Å²) in [5, 5.41) is 18.1. The quantitative estimate of drug-likeness (QED) is 0.197. The second-order valence-electron chi connectivity index (χ2n) is 7.63. The number of ether oxygens (including phenoxy) is 1. The lowest BCUT2D eigenvalue weighted by Crippen LogP contribution is -2.33. The molecular formula is C21H42O4. The molecule has 0 saturated carbocycles. The molecule has 0 fully saturated rings. The van der Waals surface area contributed by atoms with Crippen molar-refractivity contribution in [1.82, 2.24) is 0 Å². The fourth-order valence-corrected chi connectivity index (χ4v) is 3.19. The van der Waals surface area contributed by atoms with Crippen LogP contribution < -0.4 is 0 Å². The average Bonchev–Trinajstić information content (AvgIpc) is 2.62. The predicted molar refractivity (Wildman–Crippen MR) is 103 cm³/mol. The van der Waals surface area contributed by atoms with Crippen LogP contribution in [0, 0.1) is 5.41 Å². The van der Waals surface area contributed by atoms with E-state index >= 15 is 0 Å². The van der Waals surface area contributed by atoms with Gasteiger partial charge in [-0.2, -0.15) is 0 Å². The van der Waals surface area contributed by atoms with Crippen molar-refractivity contribution in [2.45, 2.75) is 110 Å². The second-order valence-corrected chi connectivity index (χ2v) is 7.63. The third kappa shape index (κ3) is 13.3. The van der Waals surface area contributed by atoms with Crippen LogP contribution in [0.25, 0.3) is 0 Å². The number of unbranched alkanes of at least 4 members (excludes halogenated alkanes) is 13. The Morgan fingerprint density at radius 2 is 1.16 bits per heavy atom. The Balaban J connectivity index is 3.42. The molecule has 0 amide bonds. The number of aliphatic hydroxyl groups excluding tert-OH is 2. The summed E-state index contributed by atoms with van der Waals surface area (Å²) in [6, 6.07) is 0. The average molecular weight is 359 g/mol. The van der Waals surface area contributed by atoms with Gasteiger partial charge in [-0.25, -0.2) is 0 Å². The SMILES string of the molecule is CCCCCCCCCCCCCCCCC(C)(CO)C(=O)OCO.